The molecule has 1 aromatic heterocycles. The highest BCUT2D eigenvalue weighted by atomic mass is 16.2. The number of nitrogens with two attached hydrogens (primary N) is 1. The molecule has 0 aliphatic heterocycles. The number of hydrogen-bond acceptors (Lipinski definition) is 3. The number of benzene rings is 1. The molecule has 0 aliphatic rings. The fourth-order valence-corrected chi connectivity index (χ4v) is 2.26. The molecule has 0 aliphatic carbocycles. The summed E-state index contributed by atoms with van der Waals surface area (Å²) in [6, 6.07) is 7.39. The topological polar surface area (TPSA) is 59.2 Å². The number of para-hydroxylation sites is 1. The van der Waals surface area contributed by atoms with Crippen LogP contribution in [0.3, 0.4) is 0 Å². The summed E-state index contributed by atoms with van der Waals surface area (Å²) in [6.45, 7) is 7.23. The van der Waals surface area contributed by atoms with Crippen molar-refractivity contribution in [1.82, 2.24) is 9.88 Å². The van der Waals surface area contributed by atoms with Gasteiger partial charge in [-0.3, -0.25) is 9.78 Å². The van der Waals surface area contributed by atoms with Gasteiger partial charge in [0.2, 0.25) is 0 Å². The number of aryl methyl sites for hydroxylation is 1. The summed E-state index contributed by atoms with van der Waals surface area (Å²) in [6.07, 6.45) is 0. The van der Waals surface area contributed by atoms with Crippen molar-refractivity contribution < 1.29 is 4.79 Å². The Balaban J connectivity index is 2.66. The number of nitrogen functional groups attached to an aromatic ring is 1. The standard InChI is InChI=1S/C15H19N3O/c1-4-18(5-2)15(19)12-9-10(3)17-14-11(12)7-6-8-13(14)16/h6-9H,4-5,16H2,1-3H3. The quantitative estimate of drug-likeness (QED) is 0.860. The third kappa shape index (κ3) is 2.38. The number of nitrogens with zero attached hydrogens (tertiary/aromatic N) is 2. The molecule has 0 bridgehead atoms. The van der Waals surface area contributed by atoms with Gasteiger partial charge < -0.3 is 10.6 Å². The van der Waals surface area contributed by atoms with E-state index in [0.29, 0.717) is 29.9 Å². The van der Waals surface area contributed by atoms with Gasteiger partial charge in [-0.1, -0.05) is 12.1 Å². The second-order valence-corrected chi connectivity index (χ2v) is 4.53. The van der Waals surface area contributed by atoms with Crippen LogP contribution >= 0.6 is 0 Å². The fourth-order valence-electron chi connectivity index (χ4n) is 2.26. The molecule has 0 saturated heterocycles. The van der Waals surface area contributed by atoms with Crippen LogP contribution in [0.4, 0.5) is 5.69 Å². The first-order valence-corrected chi connectivity index (χ1v) is 6.53. The normalized spacial score (nSPS) is 10.7. The van der Waals surface area contributed by atoms with Gasteiger partial charge in [-0.2, -0.15) is 0 Å². The number of fused-ring (bicyclic) bond motifs is 1. The molecular weight excluding hydrogens is 238 g/mol. The van der Waals surface area contributed by atoms with Crippen molar-refractivity contribution in [2.75, 3.05) is 18.8 Å². The fraction of sp³-hybridized carbons (Fsp3) is 0.333. The van der Waals surface area contributed by atoms with E-state index in [0.717, 1.165) is 11.1 Å². The summed E-state index contributed by atoms with van der Waals surface area (Å²) in [4.78, 5) is 18.8. The van der Waals surface area contributed by atoms with Crippen molar-refractivity contribution in [2.45, 2.75) is 20.8 Å². The minimum absolute atomic E-state index is 0.0334. The van der Waals surface area contributed by atoms with Gasteiger partial charge in [0.25, 0.3) is 5.91 Å². The Morgan fingerprint density at radius 1 is 1.32 bits per heavy atom. The van der Waals surface area contributed by atoms with Crippen LogP contribution in [0.15, 0.2) is 24.3 Å². The maximum Gasteiger partial charge on any atom is 0.254 e. The summed E-state index contributed by atoms with van der Waals surface area (Å²) < 4.78 is 0. The maximum absolute atomic E-state index is 12.5. The molecule has 0 fully saturated rings. The molecular formula is C15H19N3O. The van der Waals surface area contributed by atoms with Crippen molar-refractivity contribution in [2.24, 2.45) is 0 Å². The van der Waals surface area contributed by atoms with Gasteiger partial charge in [0.15, 0.2) is 0 Å². The molecule has 0 unspecified atom stereocenters. The van der Waals surface area contributed by atoms with Crippen LogP contribution < -0.4 is 5.73 Å². The van der Waals surface area contributed by atoms with Gasteiger partial charge in [-0.05, 0) is 32.9 Å². The Hall–Kier alpha value is -2.10. The van der Waals surface area contributed by atoms with Crippen LogP contribution in [-0.4, -0.2) is 28.9 Å². The molecule has 0 radical (unpaired) electrons. The molecule has 100 valence electrons. The molecule has 0 spiro atoms. The largest absolute Gasteiger partial charge is 0.397 e. The molecule has 1 amide bonds. The lowest BCUT2D eigenvalue weighted by atomic mass is 10.1. The second kappa shape index (κ2) is 5.26. The molecule has 19 heavy (non-hydrogen) atoms. The molecule has 2 N–H and O–H groups in total. The number of carbonyl (C=O) groups is 1. The predicted molar refractivity (Wildman–Crippen MR) is 78.1 cm³/mol. The Kier molecular flexibility index (Phi) is 3.69. The van der Waals surface area contributed by atoms with E-state index >= 15 is 0 Å². The van der Waals surface area contributed by atoms with E-state index in [1.54, 1.807) is 11.0 Å². The molecule has 4 nitrogen and oxygen atoms in total. The zero-order valence-electron chi connectivity index (χ0n) is 11.6. The van der Waals surface area contributed by atoms with Crippen molar-refractivity contribution in [1.29, 1.82) is 0 Å². The lowest BCUT2D eigenvalue weighted by Crippen LogP contribution is -2.30. The molecule has 0 saturated carbocycles. The highest BCUT2D eigenvalue weighted by Gasteiger charge is 2.17. The third-order valence-electron chi connectivity index (χ3n) is 3.28. The first kappa shape index (κ1) is 13.3. The van der Waals surface area contributed by atoms with Crippen molar-refractivity contribution >= 4 is 22.5 Å². The molecule has 2 rings (SSSR count). The van der Waals surface area contributed by atoms with Gasteiger partial charge in [-0.15, -0.1) is 0 Å². The number of aromatic nitrogens is 1. The summed E-state index contributed by atoms with van der Waals surface area (Å²) in [7, 11) is 0. The lowest BCUT2D eigenvalue weighted by Gasteiger charge is -2.20. The van der Waals surface area contributed by atoms with E-state index in [9.17, 15) is 4.79 Å². The van der Waals surface area contributed by atoms with Crippen molar-refractivity contribution in [3.8, 4) is 0 Å². The number of pyridine rings is 1. The number of carbonyl (C=O) groups excluding carboxylic acids is 1. The van der Waals surface area contributed by atoms with Crippen LogP contribution in [0.1, 0.15) is 29.9 Å². The molecule has 1 aromatic carbocycles. The van der Waals surface area contributed by atoms with Gasteiger partial charge >= 0.3 is 0 Å². The molecule has 4 heteroatoms. The Morgan fingerprint density at radius 3 is 2.63 bits per heavy atom. The van der Waals surface area contributed by atoms with Crippen molar-refractivity contribution in [3.63, 3.8) is 0 Å². The minimum Gasteiger partial charge on any atom is -0.397 e. The van der Waals surface area contributed by atoms with Crippen LogP contribution in [0.25, 0.3) is 10.9 Å². The molecule has 2 aromatic rings. The summed E-state index contributed by atoms with van der Waals surface area (Å²) in [5, 5.41) is 0.822. The van der Waals surface area contributed by atoms with E-state index in [-0.39, 0.29) is 5.91 Å². The Bertz CT molecular complexity index is 618. The number of amides is 1. The summed E-state index contributed by atoms with van der Waals surface area (Å²) in [5.74, 6) is 0.0334. The first-order chi connectivity index (χ1) is 9.08. The van der Waals surface area contributed by atoms with E-state index < -0.39 is 0 Å². The monoisotopic (exact) mass is 257 g/mol. The van der Waals surface area contributed by atoms with Crippen molar-refractivity contribution in [3.05, 3.63) is 35.5 Å². The van der Waals surface area contributed by atoms with Crippen LogP contribution in [-0.2, 0) is 0 Å². The molecule has 0 atom stereocenters. The van der Waals surface area contributed by atoms with Gasteiger partial charge in [0.1, 0.15) is 0 Å². The second-order valence-electron chi connectivity index (χ2n) is 4.53. The summed E-state index contributed by atoms with van der Waals surface area (Å²) in [5.41, 5.74) is 8.75. The Labute approximate surface area is 113 Å². The number of rotatable bonds is 3. The zero-order chi connectivity index (χ0) is 14.0. The highest BCUT2D eigenvalue weighted by Crippen LogP contribution is 2.24. The minimum atomic E-state index is 0.0334. The van der Waals surface area contributed by atoms with Crippen LogP contribution in [0.2, 0.25) is 0 Å². The van der Waals surface area contributed by atoms with Gasteiger partial charge in [-0.25, -0.2) is 0 Å². The first-order valence-electron chi connectivity index (χ1n) is 6.53. The maximum atomic E-state index is 12.5. The van der Waals surface area contributed by atoms with E-state index in [1.165, 1.54) is 0 Å². The highest BCUT2D eigenvalue weighted by molar-refractivity contribution is 6.08. The Morgan fingerprint density at radius 2 is 2.00 bits per heavy atom. The number of hydrogen-bond donors (Lipinski definition) is 1. The van der Waals surface area contributed by atoms with Crippen LogP contribution in [0.5, 0.6) is 0 Å². The average Bonchev–Trinajstić information content (AvgIpc) is 2.40. The zero-order valence-corrected chi connectivity index (χ0v) is 11.6. The van der Waals surface area contributed by atoms with E-state index in [1.807, 2.05) is 39.0 Å². The summed E-state index contributed by atoms with van der Waals surface area (Å²) >= 11 is 0. The van der Waals surface area contributed by atoms with Gasteiger partial charge in [0.05, 0.1) is 16.8 Å². The lowest BCUT2D eigenvalue weighted by molar-refractivity contribution is 0.0775. The molecule has 1 heterocycles. The average molecular weight is 257 g/mol. The number of anilines is 1. The predicted octanol–water partition coefficient (Wildman–Crippen LogP) is 2.61. The van der Waals surface area contributed by atoms with E-state index in [2.05, 4.69) is 4.98 Å². The van der Waals surface area contributed by atoms with Gasteiger partial charge in [0, 0.05) is 24.2 Å². The third-order valence-corrected chi connectivity index (χ3v) is 3.28. The van der Waals surface area contributed by atoms with E-state index in [4.69, 9.17) is 5.73 Å². The van der Waals surface area contributed by atoms with Crippen LogP contribution in [0, 0.1) is 6.92 Å². The smallest absolute Gasteiger partial charge is 0.254 e. The SMILES string of the molecule is CCN(CC)C(=O)c1cc(C)nc2c(N)cccc12.